The van der Waals surface area contributed by atoms with Crippen molar-refractivity contribution in [2.75, 3.05) is 13.2 Å². The van der Waals surface area contributed by atoms with Gasteiger partial charge in [0, 0.05) is 42.8 Å². The van der Waals surface area contributed by atoms with Gasteiger partial charge in [0.1, 0.15) is 17.2 Å². The maximum absolute atomic E-state index is 12.9. The molecule has 0 saturated carbocycles. The van der Waals surface area contributed by atoms with Gasteiger partial charge in [-0.25, -0.2) is 4.98 Å². The van der Waals surface area contributed by atoms with E-state index in [0.29, 0.717) is 35.9 Å². The van der Waals surface area contributed by atoms with Gasteiger partial charge in [-0.15, -0.1) is 0 Å². The van der Waals surface area contributed by atoms with Crippen molar-refractivity contribution in [1.29, 1.82) is 0 Å². The second kappa shape index (κ2) is 12.3. The molecule has 0 aliphatic carbocycles. The van der Waals surface area contributed by atoms with Gasteiger partial charge < -0.3 is 20.8 Å². The lowest BCUT2D eigenvalue weighted by Gasteiger charge is -2.09. The normalized spacial score (nSPS) is 12.8. The van der Waals surface area contributed by atoms with E-state index in [1.165, 1.54) is 0 Å². The minimum Gasteiger partial charge on any atom is -0.396 e. The van der Waals surface area contributed by atoms with Crippen molar-refractivity contribution >= 4 is 28.8 Å². The SMILES string of the molecule is Cc1cc(C(N)=NCCc2ccncc2)cc2[nH]c(-c3c(N=CC(CO)Cc4ccccc4)cc[nH]c3=O)nc12. The zero-order valence-corrected chi connectivity index (χ0v) is 22.2. The third kappa shape index (κ3) is 6.22. The van der Waals surface area contributed by atoms with Crippen LogP contribution < -0.4 is 11.3 Å². The highest BCUT2D eigenvalue weighted by molar-refractivity contribution is 6.01. The predicted molar refractivity (Wildman–Crippen MR) is 159 cm³/mol. The monoisotopic (exact) mass is 533 g/mol. The van der Waals surface area contributed by atoms with E-state index in [0.717, 1.165) is 39.7 Å². The Balaban J connectivity index is 1.41. The van der Waals surface area contributed by atoms with Crippen LogP contribution in [0, 0.1) is 12.8 Å². The highest BCUT2D eigenvalue weighted by Gasteiger charge is 2.16. The van der Waals surface area contributed by atoms with Crippen molar-refractivity contribution in [3.8, 4) is 11.4 Å². The number of hydrogen-bond donors (Lipinski definition) is 4. The number of imidazole rings is 1. The van der Waals surface area contributed by atoms with Crippen LogP contribution in [0.15, 0.2) is 94.0 Å². The topological polar surface area (TPSA) is 145 Å². The largest absolute Gasteiger partial charge is 0.396 e. The summed E-state index contributed by atoms with van der Waals surface area (Å²) in [6, 6.07) is 19.4. The average molecular weight is 534 g/mol. The number of nitrogens with two attached hydrogens (primary N) is 1. The number of H-pyrrole nitrogens is 2. The molecule has 1 unspecified atom stereocenters. The fourth-order valence-electron chi connectivity index (χ4n) is 4.57. The highest BCUT2D eigenvalue weighted by atomic mass is 16.3. The van der Waals surface area contributed by atoms with E-state index in [1.54, 1.807) is 30.9 Å². The molecule has 0 radical (unpaired) electrons. The molecule has 3 heterocycles. The van der Waals surface area contributed by atoms with Crippen LogP contribution in [0.2, 0.25) is 0 Å². The van der Waals surface area contributed by atoms with E-state index in [2.05, 4.69) is 24.9 Å². The summed E-state index contributed by atoms with van der Waals surface area (Å²) < 4.78 is 0. The number of aromatic amines is 2. The molecule has 5 aromatic rings. The molecule has 0 amide bonds. The van der Waals surface area contributed by atoms with Crippen molar-refractivity contribution in [3.63, 3.8) is 0 Å². The van der Waals surface area contributed by atoms with E-state index in [-0.39, 0.29) is 18.1 Å². The first-order chi connectivity index (χ1) is 19.5. The molecule has 0 aliphatic rings. The number of aryl methyl sites for hydroxylation is 1. The molecule has 5 rings (SSSR count). The molecule has 9 heteroatoms. The molecule has 2 aromatic carbocycles. The Kier molecular flexibility index (Phi) is 8.22. The van der Waals surface area contributed by atoms with Crippen molar-refractivity contribution < 1.29 is 5.11 Å². The van der Waals surface area contributed by atoms with Crippen LogP contribution in [-0.2, 0) is 12.8 Å². The molecule has 5 N–H and O–H groups in total. The number of amidine groups is 1. The number of pyridine rings is 2. The van der Waals surface area contributed by atoms with Crippen molar-refractivity contribution in [1.82, 2.24) is 19.9 Å². The first kappa shape index (κ1) is 26.7. The third-order valence-corrected chi connectivity index (χ3v) is 6.68. The van der Waals surface area contributed by atoms with Crippen LogP contribution in [0.5, 0.6) is 0 Å². The molecule has 0 spiro atoms. The second-order valence-corrected chi connectivity index (χ2v) is 9.62. The van der Waals surface area contributed by atoms with Crippen molar-refractivity contribution in [2.24, 2.45) is 21.6 Å². The Bertz CT molecular complexity index is 1710. The molecular formula is C31H31N7O2. The van der Waals surface area contributed by atoms with E-state index < -0.39 is 0 Å². The Morgan fingerprint density at radius 3 is 2.67 bits per heavy atom. The van der Waals surface area contributed by atoms with Gasteiger partial charge in [0.25, 0.3) is 5.56 Å². The van der Waals surface area contributed by atoms with Crippen molar-refractivity contribution in [2.45, 2.75) is 19.8 Å². The minimum absolute atomic E-state index is 0.0605. The molecule has 0 aliphatic heterocycles. The summed E-state index contributed by atoms with van der Waals surface area (Å²) in [6.45, 7) is 2.44. The number of rotatable bonds is 10. The number of hydrogen-bond acceptors (Lipinski definition) is 6. The second-order valence-electron chi connectivity index (χ2n) is 9.62. The number of aromatic nitrogens is 4. The van der Waals surface area contributed by atoms with Crippen molar-refractivity contribution in [3.05, 3.63) is 112 Å². The predicted octanol–water partition coefficient (Wildman–Crippen LogP) is 4.12. The first-order valence-electron chi connectivity index (χ1n) is 13.1. The summed E-state index contributed by atoms with van der Waals surface area (Å²) in [6.07, 6.45) is 8.18. The number of aliphatic imine (C=N–C) groups is 2. The van der Waals surface area contributed by atoms with Crippen LogP contribution in [0.25, 0.3) is 22.4 Å². The quantitative estimate of drug-likeness (QED) is 0.158. The zero-order valence-electron chi connectivity index (χ0n) is 22.2. The Labute approximate surface area is 231 Å². The minimum atomic E-state index is -0.313. The zero-order chi connectivity index (χ0) is 27.9. The summed E-state index contributed by atoms with van der Waals surface area (Å²) in [5.41, 5.74) is 12.2. The Morgan fingerprint density at radius 1 is 1.10 bits per heavy atom. The fourth-order valence-corrected chi connectivity index (χ4v) is 4.57. The van der Waals surface area contributed by atoms with E-state index in [4.69, 9.17) is 10.7 Å². The molecule has 0 bridgehead atoms. The molecule has 1 atom stereocenters. The summed E-state index contributed by atoms with van der Waals surface area (Å²) in [5, 5.41) is 9.91. The van der Waals surface area contributed by atoms with Crippen LogP contribution in [-0.4, -0.2) is 50.2 Å². The van der Waals surface area contributed by atoms with Gasteiger partial charge in [0.05, 0.1) is 23.3 Å². The Hall–Kier alpha value is -4.89. The smallest absolute Gasteiger partial charge is 0.261 e. The first-order valence-corrected chi connectivity index (χ1v) is 13.1. The summed E-state index contributed by atoms with van der Waals surface area (Å²) in [5.74, 6) is 0.642. The standard InChI is InChI=1S/C31H31N7O2/c1-20-15-24(29(32)34-13-9-21-7-11-33-12-8-21)17-26-28(20)38-30(37-26)27-25(10-14-35-31(27)40)36-18-23(19-39)16-22-5-3-2-4-6-22/h2-8,10-12,14-15,17-18,23,39H,9,13,16,19H2,1H3,(H2,32,34)(H,35,40)(H,37,38). The maximum Gasteiger partial charge on any atom is 0.261 e. The summed E-state index contributed by atoms with van der Waals surface area (Å²) in [7, 11) is 0. The lowest BCUT2D eigenvalue weighted by molar-refractivity contribution is 0.263. The van der Waals surface area contributed by atoms with Gasteiger partial charge >= 0.3 is 0 Å². The average Bonchev–Trinajstić information content (AvgIpc) is 3.40. The van der Waals surface area contributed by atoms with Gasteiger partial charge in [-0.3, -0.25) is 19.8 Å². The molecule has 9 nitrogen and oxygen atoms in total. The highest BCUT2D eigenvalue weighted by Crippen LogP contribution is 2.28. The number of nitrogens with zero attached hydrogens (tertiary/aromatic N) is 4. The van der Waals surface area contributed by atoms with Gasteiger partial charge in [0.15, 0.2) is 0 Å². The molecule has 40 heavy (non-hydrogen) atoms. The van der Waals surface area contributed by atoms with E-state index in [9.17, 15) is 9.90 Å². The summed E-state index contributed by atoms with van der Waals surface area (Å²) in [4.78, 5) is 36.9. The molecule has 3 aromatic heterocycles. The fraction of sp³-hybridized carbons (Fsp3) is 0.194. The lowest BCUT2D eigenvalue weighted by Crippen LogP contribution is -2.14. The Morgan fingerprint density at radius 2 is 1.90 bits per heavy atom. The molecular weight excluding hydrogens is 502 g/mol. The van der Waals surface area contributed by atoms with Crippen LogP contribution in [0.4, 0.5) is 5.69 Å². The molecule has 0 saturated heterocycles. The van der Waals surface area contributed by atoms with E-state index >= 15 is 0 Å². The van der Waals surface area contributed by atoms with Gasteiger partial charge in [-0.2, -0.15) is 0 Å². The van der Waals surface area contributed by atoms with Gasteiger partial charge in [-0.05, 0) is 66.8 Å². The molecule has 0 fully saturated rings. The van der Waals surface area contributed by atoms with Crippen LogP contribution in [0.3, 0.4) is 0 Å². The van der Waals surface area contributed by atoms with Gasteiger partial charge in [0.2, 0.25) is 0 Å². The maximum atomic E-state index is 12.9. The number of benzene rings is 2. The lowest BCUT2D eigenvalue weighted by atomic mass is 10.0. The van der Waals surface area contributed by atoms with E-state index in [1.807, 2.05) is 61.5 Å². The number of fused-ring (bicyclic) bond motifs is 1. The number of aliphatic hydroxyl groups is 1. The van der Waals surface area contributed by atoms with Crippen LogP contribution >= 0.6 is 0 Å². The third-order valence-electron chi connectivity index (χ3n) is 6.68. The van der Waals surface area contributed by atoms with Gasteiger partial charge in [-0.1, -0.05) is 30.3 Å². The number of aliphatic hydroxyl groups excluding tert-OH is 1. The van der Waals surface area contributed by atoms with Crippen LogP contribution in [0.1, 0.15) is 22.3 Å². The number of nitrogens with one attached hydrogen (secondary N) is 2. The molecule has 202 valence electrons. The summed E-state index contributed by atoms with van der Waals surface area (Å²) >= 11 is 0.